The van der Waals surface area contributed by atoms with Crippen LogP contribution in [-0.2, 0) is 19.1 Å². The number of rotatable bonds is 34. The number of hydrogen-bond acceptors (Lipinski definition) is 5. The van der Waals surface area contributed by atoms with Crippen molar-refractivity contribution in [2.45, 2.75) is 187 Å². The summed E-state index contributed by atoms with van der Waals surface area (Å²) in [6.07, 6.45) is 45.9. The molecule has 1 atom stereocenters. The Morgan fingerprint density at radius 1 is 0.522 bits per heavy atom. The molecule has 0 saturated carbocycles. The van der Waals surface area contributed by atoms with E-state index in [2.05, 4.69) is 62.5 Å². The van der Waals surface area contributed by atoms with Crippen molar-refractivity contribution >= 4 is 11.9 Å². The fourth-order valence-corrected chi connectivity index (χ4v) is 5.25. The summed E-state index contributed by atoms with van der Waals surface area (Å²) >= 11 is 0. The fourth-order valence-electron chi connectivity index (χ4n) is 5.25. The molecule has 0 aliphatic carbocycles. The van der Waals surface area contributed by atoms with Gasteiger partial charge in [-0.05, 0) is 51.4 Å². The quantitative estimate of drug-likeness (QED) is 0.0429. The molecule has 0 aromatic heterocycles. The zero-order valence-electron chi connectivity index (χ0n) is 30.1. The van der Waals surface area contributed by atoms with Crippen molar-refractivity contribution in [2.75, 3.05) is 13.2 Å². The summed E-state index contributed by atoms with van der Waals surface area (Å²) in [6.45, 7) is 4.00. The Morgan fingerprint density at radius 3 is 1.41 bits per heavy atom. The van der Waals surface area contributed by atoms with E-state index in [0.717, 1.165) is 77.0 Å². The molecule has 0 bridgehead atoms. The number of carbonyl (C=O) groups is 2. The number of esters is 2. The summed E-state index contributed by atoms with van der Waals surface area (Å²) in [6, 6.07) is 0. The Balaban J connectivity index is 3.61. The number of hydrogen-bond donors (Lipinski definition) is 1. The zero-order valence-corrected chi connectivity index (χ0v) is 30.1. The lowest BCUT2D eigenvalue weighted by Crippen LogP contribution is -2.28. The summed E-state index contributed by atoms with van der Waals surface area (Å²) in [7, 11) is 0. The van der Waals surface area contributed by atoms with Gasteiger partial charge in [-0.25, -0.2) is 0 Å². The third-order valence-electron chi connectivity index (χ3n) is 8.14. The van der Waals surface area contributed by atoms with Crippen LogP contribution in [0.15, 0.2) is 48.6 Å². The SMILES string of the molecule is CCC=CCC=CCC=CCC=CCCCCCCC(=O)O[C@@H](CO)COC(=O)CCCCCCCCCCCCCCCCC. The maximum absolute atomic E-state index is 12.1. The maximum atomic E-state index is 12.1. The van der Waals surface area contributed by atoms with Gasteiger partial charge >= 0.3 is 11.9 Å². The third-order valence-corrected chi connectivity index (χ3v) is 8.14. The van der Waals surface area contributed by atoms with Crippen LogP contribution in [0.25, 0.3) is 0 Å². The van der Waals surface area contributed by atoms with Crippen LogP contribution >= 0.6 is 0 Å². The first-order valence-electron chi connectivity index (χ1n) is 19.2. The molecule has 266 valence electrons. The van der Waals surface area contributed by atoms with E-state index in [9.17, 15) is 14.7 Å². The highest BCUT2D eigenvalue weighted by molar-refractivity contribution is 5.70. The Hall–Kier alpha value is -2.14. The molecule has 0 unspecified atom stereocenters. The molecule has 5 nitrogen and oxygen atoms in total. The van der Waals surface area contributed by atoms with Gasteiger partial charge in [-0.15, -0.1) is 0 Å². The Kier molecular flexibility index (Phi) is 35.6. The lowest BCUT2D eigenvalue weighted by atomic mass is 10.0. The molecule has 0 radical (unpaired) electrons. The molecule has 0 heterocycles. The van der Waals surface area contributed by atoms with Gasteiger partial charge in [-0.1, -0.05) is 165 Å². The van der Waals surface area contributed by atoms with Crippen LogP contribution in [0.5, 0.6) is 0 Å². The molecule has 0 fully saturated rings. The summed E-state index contributed by atoms with van der Waals surface area (Å²) in [5, 5.41) is 9.54. The van der Waals surface area contributed by atoms with Crippen molar-refractivity contribution in [1.29, 1.82) is 0 Å². The smallest absolute Gasteiger partial charge is 0.306 e. The van der Waals surface area contributed by atoms with E-state index in [0.29, 0.717) is 12.8 Å². The number of aliphatic hydroxyl groups is 1. The van der Waals surface area contributed by atoms with Crippen molar-refractivity contribution in [2.24, 2.45) is 0 Å². The highest BCUT2D eigenvalue weighted by Crippen LogP contribution is 2.14. The van der Waals surface area contributed by atoms with E-state index in [4.69, 9.17) is 9.47 Å². The number of carbonyl (C=O) groups excluding carboxylic acids is 2. The summed E-state index contributed by atoms with van der Waals surface area (Å²) in [4.78, 5) is 24.2. The van der Waals surface area contributed by atoms with Crippen molar-refractivity contribution < 1.29 is 24.2 Å². The Morgan fingerprint density at radius 2 is 0.935 bits per heavy atom. The van der Waals surface area contributed by atoms with Gasteiger partial charge in [0.1, 0.15) is 6.61 Å². The van der Waals surface area contributed by atoms with Crippen LogP contribution in [0.3, 0.4) is 0 Å². The summed E-state index contributed by atoms with van der Waals surface area (Å²) in [5.41, 5.74) is 0. The minimum Gasteiger partial charge on any atom is -0.462 e. The van der Waals surface area contributed by atoms with Gasteiger partial charge in [0.15, 0.2) is 6.10 Å². The van der Waals surface area contributed by atoms with Crippen molar-refractivity contribution in [3.05, 3.63) is 48.6 Å². The highest BCUT2D eigenvalue weighted by Gasteiger charge is 2.16. The van der Waals surface area contributed by atoms with E-state index in [1.165, 1.54) is 77.0 Å². The van der Waals surface area contributed by atoms with Gasteiger partial charge in [0.05, 0.1) is 6.61 Å². The van der Waals surface area contributed by atoms with Crippen LogP contribution in [0.2, 0.25) is 0 Å². The van der Waals surface area contributed by atoms with Crippen molar-refractivity contribution in [3.63, 3.8) is 0 Å². The first kappa shape index (κ1) is 43.9. The number of aliphatic hydroxyl groups excluding tert-OH is 1. The Bertz CT molecular complexity index is 782. The van der Waals surface area contributed by atoms with Crippen molar-refractivity contribution in [3.8, 4) is 0 Å². The molecule has 0 spiro atoms. The van der Waals surface area contributed by atoms with E-state index >= 15 is 0 Å². The number of ether oxygens (including phenoxy) is 2. The molecule has 0 saturated heterocycles. The third kappa shape index (κ3) is 34.7. The molecule has 46 heavy (non-hydrogen) atoms. The second kappa shape index (κ2) is 37.3. The van der Waals surface area contributed by atoms with Crippen LogP contribution in [-0.4, -0.2) is 36.4 Å². The molecule has 1 N–H and O–H groups in total. The first-order valence-corrected chi connectivity index (χ1v) is 19.2. The molecule has 0 aromatic carbocycles. The Labute approximate surface area is 284 Å². The highest BCUT2D eigenvalue weighted by atomic mass is 16.6. The van der Waals surface area contributed by atoms with E-state index < -0.39 is 6.10 Å². The van der Waals surface area contributed by atoms with Crippen LogP contribution in [0, 0.1) is 0 Å². The first-order chi connectivity index (χ1) is 22.6. The molecule has 0 rings (SSSR count). The van der Waals surface area contributed by atoms with E-state index in [1.807, 2.05) is 0 Å². The summed E-state index contributed by atoms with van der Waals surface area (Å²) < 4.78 is 10.6. The van der Waals surface area contributed by atoms with Gasteiger partial charge in [-0.3, -0.25) is 9.59 Å². The maximum Gasteiger partial charge on any atom is 0.306 e. The van der Waals surface area contributed by atoms with E-state index in [-0.39, 0.29) is 25.2 Å². The van der Waals surface area contributed by atoms with Gasteiger partial charge < -0.3 is 14.6 Å². The second-order valence-electron chi connectivity index (χ2n) is 12.6. The molecule has 0 aliphatic rings. The number of unbranched alkanes of at least 4 members (excludes halogenated alkanes) is 18. The van der Waals surface area contributed by atoms with Gasteiger partial charge in [0.2, 0.25) is 0 Å². The lowest BCUT2D eigenvalue weighted by Gasteiger charge is -2.15. The fraction of sp³-hybridized carbons (Fsp3) is 0.756. The zero-order chi connectivity index (χ0) is 33.6. The number of allylic oxidation sites excluding steroid dienone is 8. The predicted molar refractivity (Wildman–Crippen MR) is 196 cm³/mol. The van der Waals surface area contributed by atoms with Gasteiger partial charge in [0.25, 0.3) is 0 Å². The molecule has 5 heteroatoms. The topological polar surface area (TPSA) is 72.8 Å². The van der Waals surface area contributed by atoms with Crippen molar-refractivity contribution in [1.82, 2.24) is 0 Å². The predicted octanol–water partition coefficient (Wildman–Crippen LogP) is 11.8. The molecule has 0 aromatic rings. The average molecular weight is 645 g/mol. The van der Waals surface area contributed by atoms with Gasteiger partial charge in [0, 0.05) is 12.8 Å². The monoisotopic (exact) mass is 645 g/mol. The standard InChI is InChI=1S/C41H72O5/c1-3-5-7-9-11-13-15-17-19-20-22-24-26-28-30-32-34-36-41(44)46-39(37-42)38-45-40(43)35-33-31-29-27-25-23-21-18-16-14-12-10-8-6-4-2/h5,7,11,13,17,19,22,24,39,42H,3-4,6,8-10,12,14-16,18,20-21,23,25-38H2,1-2H3/t39-/m0/s1. The minimum atomic E-state index is -0.782. The molecule has 0 amide bonds. The van der Waals surface area contributed by atoms with Crippen LogP contribution < -0.4 is 0 Å². The van der Waals surface area contributed by atoms with Gasteiger partial charge in [-0.2, -0.15) is 0 Å². The average Bonchev–Trinajstić information content (AvgIpc) is 3.06. The van der Waals surface area contributed by atoms with Crippen LogP contribution in [0.1, 0.15) is 181 Å². The largest absolute Gasteiger partial charge is 0.462 e. The minimum absolute atomic E-state index is 0.0747. The summed E-state index contributed by atoms with van der Waals surface area (Å²) in [5.74, 6) is -0.617. The van der Waals surface area contributed by atoms with E-state index in [1.54, 1.807) is 0 Å². The second-order valence-corrected chi connectivity index (χ2v) is 12.6. The molecular weight excluding hydrogens is 572 g/mol. The lowest BCUT2D eigenvalue weighted by molar-refractivity contribution is -0.161. The normalized spacial score (nSPS) is 12.7. The molecule has 0 aliphatic heterocycles. The van der Waals surface area contributed by atoms with Crippen LogP contribution in [0.4, 0.5) is 0 Å². The molecular formula is C41H72O5.